The molecule has 1 aromatic heterocycles. The Bertz CT molecular complexity index is 523. The van der Waals surface area contributed by atoms with Crippen LogP contribution in [-0.2, 0) is 9.84 Å². The normalized spacial score (nSPS) is 23.2. The van der Waals surface area contributed by atoms with Crippen LogP contribution in [-0.4, -0.2) is 42.0 Å². The van der Waals surface area contributed by atoms with Gasteiger partial charge in [-0.3, -0.25) is 0 Å². The van der Waals surface area contributed by atoms with E-state index in [0.717, 1.165) is 17.8 Å². The predicted molar refractivity (Wildman–Crippen MR) is 64.4 cm³/mol. The number of sulfone groups is 1. The number of anilines is 1. The number of aromatic nitrogens is 1. The zero-order valence-electron chi connectivity index (χ0n) is 8.92. The first-order valence-electron chi connectivity index (χ1n) is 5.12. The molecule has 0 spiro atoms. The van der Waals surface area contributed by atoms with Gasteiger partial charge in [0.1, 0.15) is 4.88 Å². The lowest BCUT2D eigenvalue weighted by Crippen LogP contribution is -2.34. The minimum atomic E-state index is -2.96. The molecule has 0 amide bonds. The van der Waals surface area contributed by atoms with Crippen molar-refractivity contribution in [3.05, 3.63) is 11.1 Å². The number of rotatable bonds is 3. The van der Waals surface area contributed by atoms with Crippen molar-refractivity contribution in [2.75, 3.05) is 16.8 Å². The van der Waals surface area contributed by atoms with E-state index in [0.29, 0.717) is 11.6 Å². The van der Waals surface area contributed by atoms with Crippen molar-refractivity contribution in [3.63, 3.8) is 0 Å². The summed E-state index contributed by atoms with van der Waals surface area (Å²) < 4.78 is 22.8. The van der Waals surface area contributed by atoms with E-state index in [-0.39, 0.29) is 22.4 Å². The van der Waals surface area contributed by atoms with Crippen LogP contribution in [0.25, 0.3) is 0 Å². The molecule has 2 rings (SSSR count). The highest BCUT2D eigenvalue weighted by molar-refractivity contribution is 7.91. The number of nitrogens with zero attached hydrogens (tertiary/aromatic N) is 1. The third-order valence-electron chi connectivity index (χ3n) is 2.51. The number of nitrogens with one attached hydrogen (secondary N) is 1. The number of thiazole rings is 1. The summed E-state index contributed by atoms with van der Waals surface area (Å²) >= 11 is 1.02. The molecule has 1 aliphatic heterocycles. The lowest BCUT2D eigenvalue weighted by molar-refractivity contribution is 0.0702. The maximum Gasteiger partial charge on any atom is 0.347 e. The van der Waals surface area contributed by atoms with E-state index < -0.39 is 15.8 Å². The lowest BCUT2D eigenvalue weighted by Gasteiger charge is -2.22. The fourth-order valence-corrected chi connectivity index (χ4v) is 4.12. The van der Waals surface area contributed by atoms with Crippen LogP contribution in [0.15, 0.2) is 6.20 Å². The van der Waals surface area contributed by atoms with Gasteiger partial charge in [0.2, 0.25) is 0 Å². The predicted octanol–water partition coefficient (Wildman–Crippen LogP) is 0.830. The molecule has 0 aromatic carbocycles. The molecule has 1 aliphatic rings. The molecule has 94 valence electrons. The van der Waals surface area contributed by atoms with Crippen LogP contribution >= 0.6 is 11.3 Å². The summed E-state index contributed by atoms with van der Waals surface area (Å²) in [4.78, 5) is 14.7. The lowest BCUT2D eigenvalue weighted by atomic mass is 10.2. The molecule has 1 atom stereocenters. The average molecular weight is 276 g/mol. The Morgan fingerprint density at radius 3 is 2.94 bits per heavy atom. The third-order valence-corrected chi connectivity index (χ3v) is 5.24. The highest BCUT2D eigenvalue weighted by atomic mass is 32.2. The Labute approximate surface area is 103 Å². The molecule has 2 N–H and O–H groups in total. The summed E-state index contributed by atoms with van der Waals surface area (Å²) in [5.41, 5.74) is 0. The SMILES string of the molecule is O=C(O)c1cnc(NC2CCCS(=O)(=O)C2)s1. The molecule has 1 unspecified atom stereocenters. The molecule has 17 heavy (non-hydrogen) atoms. The molecule has 0 radical (unpaired) electrons. The van der Waals surface area contributed by atoms with Gasteiger partial charge >= 0.3 is 5.97 Å². The van der Waals surface area contributed by atoms with E-state index in [1.807, 2.05) is 0 Å². The summed E-state index contributed by atoms with van der Waals surface area (Å²) in [6.45, 7) is 0. The van der Waals surface area contributed by atoms with Gasteiger partial charge in [0, 0.05) is 6.04 Å². The first kappa shape index (κ1) is 12.3. The Hall–Kier alpha value is -1.15. The minimum absolute atomic E-state index is 0.0922. The van der Waals surface area contributed by atoms with Crippen molar-refractivity contribution < 1.29 is 18.3 Å². The quantitative estimate of drug-likeness (QED) is 0.849. The molecule has 1 aromatic rings. The largest absolute Gasteiger partial charge is 0.477 e. The van der Waals surface area contributed by atoms with E-state index >= 15 is 0 Å². The van der Waals surface area contributed by atoms with Gasteiger partial charge in [-0.25, -0.2) is 18.2 Å². The Balaban J connectivity index is 2.03. The van der Waals surface area contributed by atoms with Crippen molar-refractivity contribution >= 4 is 32.3 Å². The fourth-order valence-electron chi connectivity index (χ4n) is 1.75. The van der Waals surface area contributed by atoms with Crippen molar-refractivity contribution in [2.24, 2.45) is 0 Å². The molecular formula is C9H12N2O4S2. The molecule has 1 saturated heterocycles. The summed E-state index contributed by atoms with van der Waals surface area (Å²) in [7, 11) is -2.96. The maximum absolute atomic E-state index is 11.4. The summed E-state index contributed by atoms with van der Waals surface area (Å²) in [6, 6.07) is -0.165. The van der Waals surface area contributed by atoms with Gasteiger partial charge in [-0.15, -0.1) is 0 Å². The fraction of sp³-hybridized carbons (Fsp3) is 0.556. The van der Waals surface area contributed by atoms with E-state index in [1.54, 1.807) is 0 Å². The second-order valence-electron chi connectivity index (χ2n) is 3.93. The zero-order valence-corrected chi connectivity index (χ0v) is 10.6. The first-order valence-corrected chi connectivity index (χ1v) is 7.76. The van der Waals surface area contributed by atoms with Gasteiger partial charge in [-0.2, -0.15) is 0 Å². The van der Waals surface area contributed by atoms with Crippen LogP contribution in [0.3, 0.4) is 0 Å². The van der Waals surface area contributed by atoms with Gasteiger partial charge < -0.3 is 10.4 Å². The van der Waals surface area contributed by atoms with E-state index in [4.69, 9.17) is 5.11 Å². The van der Waals surface area contributed by atoms with Gasteiger partial charge in [0.15, 0.2) is 15.0 Å². The molecule has 2 heterocycles. The van der Waals surface area contributed by atoms with Crippen LogP contribution in [0.1, 0.15) is 22.5 Å². The second kappa shape index (κ2) is 4.61. The van der Waals surface area contributed by atoms with Gasteiger partial charge in [0.25, 0.3) is 0 Å². The van der Waals surface area contributed by atoms with Gasteiger partial charge in [-0.1, -0.05) is 11.3 Å². The Morgan fingerprint density at radius 2 is 2.35 bits per heavy atom. The Kier molecular flexibility index (Phi) is 3.34. The van der Waals surface area contributed by atoms with E-state index in [2.05, 4.69) is 10.3 Å². The molecule has 8 heteroatoms. The van der Waals surface area contributed by atoms with Crippen LogP contribution in [0.2, 0.25) is 0 Å². The summed E-state index contributed by atoms with van der Waals surface area (Å²) in [5, 5.41) is 12.2. The number of carboxylic acids is 1. The van der Waals surface area contributed by atoms with Crippen molar-refractivity contribution in [2.45, 2.75) is 18.9 Å². The summed E-state index contributed by atoms with van der Waals surface area (Å²) in [5.74, 6) is -0.690. The first-order chi connectivity index (χ1) is 7.96. The maximum atomic E-state index is 11.4. The monoisotopic (exact) mass is 276 g/mol. The molecule has 1 fully saturated rings. The number of aromatic carboxylic acids is 1. The van der Waals surface area contributed by atoms with E-state index in [1.165, 1.54) is 6.20 Å². The smallest absolute Gasteiger partial charge is 0.347 e. The second-order valence-corrected chi connectivity index (χ2v) is 7.19. The van der Waals surface area contributed by atoms with Crippen molar-refractivity contribution in [1.82, 2.24) is 4.98 Å². The number of hydrogen-bond acceptors (Lipinski definition) is 6. The average Bonchev–Trinajstić information content (AvgIpc) is 2.64. The van der Waals surface area contributed by atoms with Crippen LogP contribution < -0.4 is 5.32 Å². The van der Waals surface area contributed by atoms with Crippen LogP contribution in [0, 0.1) is 0 Å². The van der Waals surface area contributed by atoms with Crippen LogP contribution in [0.4, 0.5) is 5.13 Å². The standard InChI is InChI=1S/C9H12N2O4S2/c12-8(13)7-4-10-9(16-7)11-6-2-1-3-17(14,15)5-6/h4,6H,1-3,5H2,(H,10,11)(H,12,13). The van der Waals surface area contributed by atoms with Gasteiger partial charge in [0.05, 0.1) is 17.7 Å². The summed E-state index contributed by atoms with van der Waals surface area (Å²) in [6.07, 6.45) is 2.67. The molecule has 0 aliphatic carbocycles. The van der Waals surface area contributed by atoms with Gasteiger partial charge in [-0.05, 0) is 12.8 Å². The molecule has 0 saturated carbocycles. The number of carboxylic acid groups (broad SMARTS) is 1. The number of carbonyl (C=O) groups is 1. The Morgan fingerprint density at radius 1 is 1.59 bits per heavy atom. The minimum Gasteiger partial charge on any atom is -0.477 e. The third kappa shape index (κ3) is 3.16. The van der Waals surface area contributed by atoms with Crippen LogP contribution in [0.5, 0.6) is 0 Å². The molecule has 0 bridgehead atoms. The zero-order chi connectivity index (χ0) is 12.5. The topological polar surface area (TPSA) is 96.4 Å². The van der Waals surface area contributed by atoms with Crippen molar-refractivity contribution in [1.29, 1.82) is 0 Å². The highest BCUT2D eigenvalue weighted by Gasteiger charge is 2.25. The van der Waals surface area contributed by atoms with Crippen molar-refractivity contribution in [3.8, 4) is 0 Å². The number of hydrogen-bond donors (Lipinski definition) is 2. The molecule has 6 nitrogen and oxygen atoms in total. The van der Waals surface area contributed by atoms with E-state index in [9.17, 15) is 13.2 Å². The highest BCUT2D eigenvalue weighted by Crippen LogP contribution is 2.22. The molecular weight excluding hydrogens is 264 g/mol.